The molecule has 4 rings (SSSR count). The molecule has 0 amide bonds. The molecule has 2 aromatic carbocycles. The number of nitrogens with one attached hydrogen (secondary N) is 1. The fourth-order valence-electron chi connectivity index (χ4n) is 3.82. The second-order valence-corrected chi connectivity index (χ2v) is 7.20. The van der Waals surface area contributed by atoms with Crippen molar-refractivity contribution in [2.75, 3.05) is 20.3 Å². The van der Waals surface area contributed by atoms with Gasteiger partial charge in [-0.15, -0.1) is 0 Å². The number of carbonyl (C=O) groups excluding carboxylic acids is 1. The van der Waals surface area contributed by atoms with Crippen molar-refractivity contribution in [1.82, 2.24) is 4.98 Å². The highest BCUT2D eigenvalue weighted by Crippen LogP contribution is 2.31. The number of hydrogen-bond donors (Lipinski definition) is 1. The van der Waals surface area contributed by atoms with Gasteiger partial charge in [-0.3, -0.25) is 4.79 Å². The number of esters is 1. The van der Waals surface area contributed by atoms with Crippen molar-refractivity contribution in [3.8, 4) is 11.3 Å². The third-order valence-electron chi connectivity index (χ3n) is 5.35. The first-order valence-corrected chi connectivity index (χ1v) is 9.81. The number of aromatic nitrogens is 1. The van der Waals surface area contributed by atoms with Crippen LogP contribution in [0, 0.1) is 5.82 Å². The van der Waals surface area contributed by atoms with E-state index < -0.39 is 0 Å². The van der Waals surface area contributed by atoms with E-state index in [-0.39, 0.29) is 30.4 Å². The summed E-state index contributed by atoms with van der Waals surface area (Å²) < 4.78 is 29.8. The SMILES string of the molecule is COC1COCCC1OC(=O)CCc1c(-c2ccc(F)cc2)[nH]c2ccccc12. The van der Waals surface area contributed by atoms with Gasteiger partial charge in [-0.05, 0) is 47.9 Å². The highest BCUT2D eigenvalue weighted by Gasteiger charge is 2.29. The molecule has 3 aromatic rings. The first-order valence-electron chi connectivity index (χ1n) is 9.81. The Bertz CT molecular complexity index is 982. The molecule has 1 fully saturated rings. The predicted molar refractivity (Wildman–Crippen MR) is 108 cm³/mol. The van der Waals surface area contributed by atoms with E-state index in [0.29, 0.717) is 26.1 Å². The van der Waals surface area contributed by atoms with E-state index in [1.54, 1.807) is 19.2 Å². The topological polar surface area (TPSA) is 60.6 Å². The zero-order chi connectivity index (χ0) is 20.2. The van der Waals surface area contributed by atoms with Gasteiger partial charge in [0.05, 0.1) is 13.2 Å². The maximum atomic E-state index is 13.4. The third-order valence-corrected chi connectivity index (χ3v) is 5.35. The van der Waals surface area contributed by atoms with E-state index in [4.69, 9.17) is 14.2 Å². The molecule has 6 heteroatoms. The Labute approximate surface area is 168 Å². The maximum Gasteiger partial charge on any atom is 0.306 e. The summed E-state index contributed by atoms with van der Waals surface area (Å²) in [4.78, 5) is 15.9. The molecule has 5 nitrogen and oxygen atoms in total. The zero-order valence-electron chi connectivity index (χ0n) is 16.3. The highest BCUT2D eigenvalue weighted by atomic mass is 19.1. The van der Waals surface area contributed by atoms with Gasteiger partial charge in [0, 0.05) is 36.5 Å². The van der Waals surface area contributed by atoms with Crippen molar-refractivity contribution in [3.63, 3.8) is 0 Å². The van der Waals surface area contributed by atoms with Gasteiger partial charge in [0.25, 0.3) is 0 Å². The van der Waals surface area contributed by atoms with Crippen LogP contribution in [-0.4, -0.2) is 43.5 Å². The predicted octanol–water partition coefficient (Wildman–Crippen LogP) is 4.25. The molecule has 0 radical (unpaired) electrons. The van der Waals surface area contributed by atoms with Crippen molar-refractivity contribution >= 4 is 16.9 Å². The molecule has 29 heavy (non-hydrogen) atoms. The molecule has 2 unspecified atom stereocenters. The van der Waals surface area contributed by atoms with Gasteiger partial charge >= 0.3 is 5.97 Å². The van der Waals surface area contributed by atoms with Gasteiger partial charge in [0.2, 0.25) is 0 Å². The van der Waals surface area contributed by atoms with Crippen LogP contribution in [0.4, 0.5) is 4.39 Å². The van der Waals surface area contributed by atoms with Gasteiger partial charge in [-0.1, -0.05) is 18.2 Å². The van der Waals surface area contributed by atoms with E-state index in [1.807, 2.05) is 24.3 Å². The number of ether oxygens (including phenoxy) is 3. The van der Waals surface area contributed by atoms with Crippen LogP contribution in [0.3, 0.4) is 0 Å². The monoisotopic (exact) mass is 397 g/mol. The standard InChI is InChI=1S/C23H24FNO4/c1-27-21-14-28-13-12-20(21)29-22(26)11-10-18-17-4-2-3-5-19(17)25-23(18)15-6-8-16(24)9-7-15/h2-9,20-21,25H,10-14H2,1H3. The number of hydrogen-bond acceptors (Lipinski definition) is 4. The van der Waals surface area contributed by atoms with Crippen molar-refractivity contribution < 1.29 is 23.4 Å². The Hall–Kier alpha value is -2.70. The lowest BCUT2D eigenvalue weighted by Crippen LogP contribution is -2.41. The molecule has 2 atom stereocenters. The van der Waals surface area contributed by atoms with Crippen LogP contribution in [0.5, 0.6) is 0 Å². The van der Waals surface area contributed by atoms with Crippen LogP contribution in [0.15, 0.2) is 48.5 Å². The molecular weight excluding hydrogens is 373 g/mol. The van der Waals surface area contributed by atoms with Crippen molar-refractivity contribution in [1.29, 1.82) is 0 Å². The largest absolute Gasteiger partial charge is 0.459 e. The lowest BCUT2D eigenvalue weighted by molar-refractivity contribution is -0.168. The first-order chi connectivity index (χ1) is 14.2. The average molecular weight is 397 g/mol. The fraction of sp³-hybridized carbons (Fsp3) is 0.348. The number of benzene rings is 2. The number of aryl methyl sites for hydroxylation is 1. The lowest BCUT2D eigenvalue weighted by Gasteiger charge is -2.29. The van der Waals surface area contributed by atoms with Gasteiger partial charge in [-0.25, -0.2) is 4.39 Å². The van der Waals surface area contributed by atoms with Crippen LogP contribution in [0.1, 0.15) is 18.4 Å². The fourth-order valence-corrected chi connectivity index (χ4v) is 3.82. The first kappa shape index (κ1) is 19.6. The Kier molecular flexibility index (Phi) is 5.92. The van der Waals surface area contributed by atoms with Crippen LogP contribution in [0.25, 0.3) is 22.2 Å². The average Bonchev–Trinajstić information content (AvgIpc) is 3.12. The molecule has 1 saturated heterocycles. The molecule has 0 saturated carbocycles. The van der Waals surface area contributed by atoms with E-state index >= 15 is 0 Å². The van der Waals surface area contributed by atoms with Crippen LogP contribution in [-0.2, 0) is 25.4 Å². The summed E-state index contributed by atoms with van der Waals surface area (Å²) in [6, 6.07) is 14.3. The second kappa shape index (κ2) is 8.76. The Balaban J connectivity index is 1.53. The van der Waals surface area contributed by atoms with E-state index in [1.165, 1.54) is 12.1 Å². The number of methoxy groups -OCH3 is 1. The summed E-state index contributed by atoms with van der Waals surface area (Å²) in [6.45, 7) is 1.00. The Morgan fingerprint density at radius 1 is 1.17 bits per heavy atom. The number of carbonyl (C=O) groups is 1. The van der Waals surface area contributed by atoms with Gasteiger partial charge in [-0.2, -0.15) is 0 Å². The van der Waals surface area contributed by atoms with Crippen LogP contribution in [0.2, 0.25) is 0 Å². The molecule has 152 valence electrons. The molecule has 1 aliphatic rings. The number of aromatic amines is 1. The molecule has 1 N–H and O–H groups in total. The highest BCUT2D eigenvalue weighted by molar-refractivity contribution is 5.91. The molecule has 2 heterocycles. The van der Waals surface area contributed by atoms with Crippen molar-refractivity contribution in [3.05, 3.63) is 59.9 Å². The summed E-state index contributed by atoms with van der Waals surface area (Å²) in [7, 11) is 1.60. The Morgan fingerprint density at radius 2 is 1.97 bits per heavy atom. The number of fused-ring (bicyclic) bond motifs is 1. The summed E-state index contributed by atoms with van der Waals surface area (Å²) in [5.41, 5.74) is 3.80. The summed E-state index contributed by atoms with van der Waals surface area (Å²) in [5, 5.41) is 1.06. The number of para-hydroxylation sites is 1. The van der Waals surface area contributed by atoms with Gasteiger partial charge < -0.3 is 19.2 Å². The Morgan fingerprint density at radius 3 is 2.76 bits per heavy atom. The quantitative estimate of drug-likeness (QED) is 0.632. The normalized spacial score (nSPS) is 19.4. The number of H-pyrrole nitrogens is 1. The molecule has 0 bridgehead atoms. The molecule has 1 aliphatic heterocycles. The number of halogens is 1. The minimum absolute atomic E-state index is 0.226. The van der Waals surface area contributed by atoms with E-state index in [0.717, 1.165) is 27.7 Å². The molecule has 0 aliphatic carbocycles. The van der Waals surface area contributed by atoms with E-state index in [2.05, 4.69) is 4.98 Å². The molecule has 0 spiro atoms. The summed E-state index contributed by atoms with van der Waals surface area (Å²) in [6.07, 6.45) is 0.912. The third kappa shape index (κ3) is 4.33. The van der Waals surface area contributed by atoms with Crippen molar-refractivity contribution in [2.24, 2.45) is 0 Å². The zero-order valence-corrected chi connectivity index (χ0v) is 16.3. The van der Waals surface area contributed by atoms with E-state index in [9.17, 15) is 9.18 Å². The van der Waals surface area contributed by atoms with Gasteiger partial charge in [0.1, 0.15) is 18.0 Å². The van der Waals surface area contributed by atoms with Gasteiger partial charge in [0.15, 0.2) is 0 Å². The molecular formula is C23H24FNO4. The minimum Gasteiger partial charge on any atom is -0.459 e. The second-order valence-electron chi connectivity index (χ2n) is 7.20. The summed E-state index contributed by atoms with van der Waals surface area (Å²) >= 11 is 0. The lowest BCUT2D eigenvalue weighted by atomic mass is 10.0. The maximum absolute atomic E-state index is 13.4. The van der Waals surface area contributed by atoms with Crippen LogP contribution < -0.4 is 0 Å². The summed E-state index contributed by atoms with van der Waals surface area (Å²) in [5.74, 6) is -0.534. The molecule has 1 aromatic heterocycles. The number of rotatable bonds is 6. The smallest absolute Gasteiger partial charge is 0.306 e. The minimum atomic E-state index is -0.279. The van der Waals surface area contributed by atoms with Crippen LogP contribution >= 0.6 is 0 Å². The van der Waals surface area contributed by atoms with Crippen molar-refractivity contribution in [2.45, 2.75) is 31.5 Å².